The van der Waals surface area contributed by atoms with E-state index in [9.17, 15) is 18.5 Å². The molecule has 8 nitrogen and oxygen atoms in total. The molecule has 3 aromatic rings. The van der Waals surface area contributed by atoms with Gasteiger partial charge in [-0.2, -0.15) is 5.26 Å². The molecule has 0 N–H and O–H groups in total. The minimum atomic E-state index is -3.12. The third kappa shape index (κ3) is 5.55. The van der Waals surface area contributed by atoms with Crippen molar-refractivity contribution in [3.05, 3.63) is 51.9 Å². The van der Waals surface area contributed by atoms with Crippen molar-refractivity contribution in [2.45, 2.75) is 53.0 Å². The van der Waals surface area contributed by atoms with Crippen LogP contribution in [0.15, 0.2) is 35.1 Å². The first kappa shape index (κ1) is 26.1. The van der Waals surface area contributed by atoms with Crippen LogP contribution in [0.25, 0.3) is 22.4 Å². The highest BCUT2D eigenvalue weighted by Gasteiger charge is 2.25. The van der Waals surface area contributed by atoms with Crippen molar-refractivity contribution in [3.63, 3.8) is 0 Å². The summed E-state index contributed by atoms with van der Waals surface area (Å²) in [6.45, 7) is 8.05. The largest absolute Gasteiger partial charge is 0.330 e. The number of aromatic nitrogens is 3. The number of imidazole rings is 1. The molecule has 4 rings (SSSR count). The number of sulfonamides is 1. The van der Waals surface area contributed by atoms with E-state index in [1.54, 1.807) is 20.5 Å². The average molecular weight is 510 g/mol. The van der Waals surface area contributed by atoms with Crippen LogP contribution in [0.2, 0.25) is 0 Å². The average Bonchev–Trinajstić information content (AvgIpc) is 3.05. The molecular formula is C27H35N5O3S. The van der Waals surface area contributed by atoms with Crippen LogP contribution in [0.5, 0.6) is 0 Å². The summed E-state index contributed by atoms with van der Waals surface area (Å²) in [6, 6.07) is 12.0. The van der Waals surface area contributed by atoms with E-state index >= 15 is 0 Å². The fourth-order valence-electron chi connectivity index (χ4n) is 5.01. The first-order chi connectivity index (χ1) is 16.9. The lowest BCUT2D eigenvalue weighted by Crippen LogP contribution is -2.37. The summed E-state index contributed by atoms with van der Waals surface area (Å²) < 4.78 is 28.4. The maximum absolute atomic E-state index is 12.9. The topological polar surface area (TPSA) is 101 Å². The molecular weight excluding hydrogens is 474 g/mol. The summed E-state index contributed by atoms with van der Waals surface area (Å²) in [5.41, 5.74) is 4.35. The smallest absolute Gasteiger partial charge is 0.290 e. The Morgan fingerprint density at radius 1 is 1.14 bits per heavy atom. The van der Waals surface area contributed by atoms with Gasteiger partial charge in [0.05, 0.1) is 29.1 Å². The second kappa shape index (κ2) is 9.83. The van der Waals surface area contributed by atoms with Crippen molar-refractivity contribution in [1.29, 1.82) is 5.26 Å². The second-order valence-electron chi connectivity index (χ2n) is 11.2. The van der Waals surface area contributed by atoms with E-state index in [0.29, 0.717) is 42.5 Å². The van der Waals surface area contributed by atoms with Crippen LogP contribution < -0.4 is 5.69 Å². The number of piperidine rings is 1. The predicted octanol–water partition coefficient (Wildman–Crippen LogP) is 3.92. The molecule has 0 amide bonds. The Balaban J connectivity index is 1.58. The summed E-state index contributed by atoms with van der Waals surface area (Å²) in [7, 11) is -1.38. The van der Waals surface area contributed by atoms with Gasteiger partial charge in [0, 0.05) is 32.2 Å². The van der Waals surface area contributed by atoms with Gasteiger partial charge >= 0.3 is 5.69 Å². The van der Waals surface area contributed by atoms with E-state index in [-0.39, 0.29) is 11.1 Å². The van der Waals surface area contributed by atoms with Gasteiger partial charge in [0.1, 0.15) is 0 Å². The molecule has 9 heteroatoms. The number of nitrogens with zero attached hydrogens (tertiary/aromatic N) is 5. The van der Waals surface area contributed by atoms with E-state index in [1.807, 2.05) is 30.3 Å². The fraction of sp³-hybridized carbons (Fsp3) is 0.519. The summed E-state index contributed by atoms with van der Waals surface area (Å²) in [5, 5.41) is 9.75. The van der Waals surface area contributed by atoms with Crippen LogP contribution in [0, 0.1) is 22.7 Å². The second-order valence-corrected chi connectivity index (χ2v) is 13.1. The SMILES string of the molecule is Cn1c(=O)n(CC(C)(C)C)c2ccc(-c3cc(CCC4CCN(S(C)(=O)=O)CC4)ccc3C#N)nc21. The van der Waals surface area contributed by atoms with Gasteiger partial charge in [0.2, 0.25) is 10.0 Å². The number of aryl methyl sites for hydroxylation is 2. The molecule has 1 aromatic carbocycles. The highest BCUT2D eigenvalue weighted by molar-refractivity contribution is 7.88. The number of benzene rings is 1. The standard InChI is InChI=1S/C27H35N5O3S/c1-27(2,3)18-32-24-11-10-23(29-25(24)30(4)26(32)33)22-16-20(8-9-21(22)17-28)7-6-19-12-14-31(15-13-19)36(5,34)35/h8-11,16,19H,6-7,12-15,18H2,1-5H3. The Morgan fingerprint density at radius 2 is 1.83 bits per heavy atom. The number of fused-ring (bicyclic) bond motifs is 1. The lowest BCUT2D eigenvalue weighted by Gasteiger charge is -2.30. The summed E-state index contributed by atoms with van der Waals surface area (Å²) in [6.07, 6.45) is 4.83. The van der Waals surface area contributed by atoms with E-state index in [4.69, 9.17) is 4.98 Å². The zero-order chi connectivity index (χ0) is 26.3. The maximum atomic E-state index is 12.9. The molecule has 1 saturated heterocycles. The Kier molecular flexibility index (Phi) is 7.13. The van der Waals surface area contributed by atoms with Gasteiger partial charge in [-0.3, -0.25) is 9.13 Å². The zero-order valence-corrected chi connectivity index (χ0v) is 22.6. The number of hydrogen-bond donors (Lipinski definition) is 0. The Labute approximate surface area is 213 Å². The van der Waals surface area contributed by atoms with Gasteiger partial charge in [0.25, 0.3) is 0 Å². The van der Waals surface area contributed by atoms with Crippen LogP contribution in [0.3, 0.4) is 0 Å². The van der Waals surface area contributed by atoms with Gasteiger partial charge in [-0.05, 0) is 66.8 Å². The molecule has 0 unspecified atom stereocenters. The normalized spacial score (nSPS) is 15.9. The third-order valence-electron chi connectivity index (χ3n) is 6.98. The third-order valence-corrected chi connectivity index (χ3v) is 8.28. The van der Waals surface area contributed by atoms with Crippen molar-refractivity contribution < 1.29 is 8.42 Å². The van der Waals surface area contributed by atoms with E-state index in [1.165, 1.54) is 6.26 Å². The van der Waals surface area contributed by atoms with Crippen molar-refractivity contribution in [3.8, 4) is 17.3 Å². The van der Waals surface area contributed by atoms with E-state index in [2.05, 4.69) is 26.8 Å². The molecule has 36 heavy (non-hydrogen) atoms. The van der Waals surface area contributed by atoms with Gasteiger partial charge < -0.3 is 0 Å². The number of pyridine rings is 1. The molecule has 3 heterocycles. The molecule has 0 bridgehead atoms. The molecule has 2 aromatic heterocycles. The van der Waals surface area contributed by atoms with Gasteiger partial charge in [-0.25, -0.2) is 22.5 Å². The van der Waals surface area contributed by atoms with Crippen LogP contribution in [-0.2, 0) is 30.0 Å². The number of hydrogen-bond acceptors (Lipinski definition) is 5. The highest BCUT2D eigenvalue weighted by atomic mass is 32.2. The molecule has 0 spiro atoms. The van der Waals surface area contributed by atoms with Gasteiger partial charge in [-0.1, -0.05) is 26.8 Å². The lowest BCUT2D eigenvalue weighted by atomic mass is 9.90. The molecule has 192 valence electrons. The molecule has 1 aliphatic heterocycles. The quantitative estimate of drug-likeness (QED) is 0.501. The fourth-order valence-corrected chi connectivity index (χ4v) is 5.88. The molecule has 0 radical (unpaired) electrons. The molecule has 1 fully saturated rings. The Hall–Kier alpha value is -2.96. The molecule has 0 atom stereocenters. The van der Waals surface area contributed by atoms with E-state index < -0.39 is 10.0 Å². The number of nitriles is 1. The van der Waals surface area contributed by atoms with Crippen LogP contribution >= 0.6 is 0 Å². The van der Waals surface area contributed by atoms with Crippen molar-refractivity contribution >= 4 is 21.2 Å². The first-order valence-electron chi connectivity index (χ1n) is 12.4. The van der Waals surface area contributed by atoms with Crippen LogP contribution in [0.1, 0.15) is 51.2 Å². The van der Waals surface area contributed by atoms with Crippen molar-refractivity contribution in [1.82, 2.24) is 18.4 Å². The molecule has 0 aliphatic carbocycles. The summed E-state index contributed by atoms with van der Waals surface area (Å²) >= 11 is 0. The minimum absolute atomic E-state index is 0.0551. The monoisotopic (exact) mass is 509 g/mol. The van der Waals surface area contributed by atoms with Crippen molar-refractivity contribution in [2.24, 2.45) is 18.4 Å². The van der Waals surface area contributed by atoms with E-state index in [0.717, 1.165) is 42.3 Å². The Bertz CT molecular complexity index is 1480. The minimum Gasteiger partial charge on any atom is -0.290 e. The zero-order valence-electron chi connectivity index (χ0n) is 21.8. The lowest BCUT2D eigenvalue weighted by molar-refractivity contribution is 0.265. The van der Waals surface area contributed by atoms with Crippen LogP contribution in [-0.4, -0.2) is 46.2 Å². The maximum Gasteiger partial charge on any atom is 0.330 e. The van der Waals surface area contributed by atoms with Gasteiger partial charge in [-0.15, -0.1) is 0 Å². The van der Waals surface area contributed by atoms with Crippen LogP contribution in [0.4, 0.5) is 0 Å². The molecule has 0 saturated carbocycles. The number of rotatable bonds is 6. The van der Waals surface area contributed by atoms with Crippen molar-refractivity contribution in [2.75, 3.05) is 19.3 Å². The van der Waals surface area contributed by atoms with Gasteiger partial charge in [0.15, 0.2) is 5.65 Å². The first-order valence-corrected chi connectivity index (χ1v) is 14.3. The summed E-state index contributed by atoms with van der Waals surface area (Å²) in [4.78, 5) is 17.7. The Morgan fingerprint density at radius 3 is 2.44 bits per heavy atom. The molecule has 1 aliphatic rings. The predicted molar refractivity (Wildman–Crippen MR) is 142 cm³/mol. The highest BCUT2D eigenvalue weighted by Crippen LogP contribution is 2.28. The summed E-state index contributed by atoms with van der Waals surface area (Å²) in [5.74, 6) is 0.480.